The molecule has 4 nitrogen and oxygen atoms in total. The van der Waals surface area contributed by atoms with Crippen LogP contribution in [0.3, 0.4) is 0 Å². The largest absolute Gasteiger partial charge is 0.435 e. The Bertz CT molecular complexity index is 1110. The molecule has 1 amide bonds. The number of hydrogen-bond donors (Lipinski definition) is 0. The lowest BCUT2D eigenvalue weighted by Gasteiger charge is -2.31. The monoisotopic (exact) mass is 527 g/mol. The number of sulfone groups is 1. The zero-order chi connectivity index (χ0) is 26.8. The smallest absolute Gasteiger partial charge is 0.312 e. The van der Waals surface area contributed by atoms with Crippen LogP contribution < -0.4 is 4.90 Å². The van der Waals surface area contributed by atoms with Crippen molar-refractivity contribution in [3.05, 3.63) is 59.7 Å². The number of alkyl halides is 7. The molecule has 0 aliphatic heterocycles. The molecular weight excluding hydrogens is 503 g/mol. The summed E-state index contributed by atoms with van der Waals surface area (Å²) in [5.74, 6) is -0.760. The Labute approximate surface area is 198 Å². The highest BCUT2D eigenvalue weighted by molar-refractivity contribution is 7.91. The highest BCUT2D eigenvalue weighted by Gasteiger charge is 2.73. The van der Waals surface area contributed by atoms with E-state index in [4.69, 9.17) is 0 Å². The van der Waals surface area contributed by atoms with E-state index in [1.165, 1.54) is 36.1 Å². The van der Waals surface area contributed by atoms with Crippen molar-refractivity contribution in [2.24, 2.45) is 5.92 Å². The Morgan fingerprint density at radius 2 is 1.34 bits per heavy atom. The molecule has 0 bridgehead atoms. The summed E-state index contributed by atoms with van der Waals surface area (Å²) >= 11 is 0. The Kier molecular flexibility index (Phi) is 8.30. The Hall–Kier alpha value is -2.63. The summed E-state index contributed by atoms with van der Waals surface area (Å²) in [4.78, 5) is 14.2. The van der Waals surface area contributed by atoms with Crippen LogP contribution in [0.4, 0.5) is 36.4 Å². The first kappa shape index (κ1) is 28.6. The quantitative estimate of drug-likeness (QED) is 0.396. The van der Waals surface area contributed by atoms with Gasteiger partial charge < -0.3 is 4.90 Å². The molecule has 0 aliphatic rings. The van der Waals surface area contributed by atoms with Gasteiger partial charge in [-0.2, -0.15) is 26.3 Å². The van der Waals surface area contributed by atoms with E-state index in [-0.39, 0.29) is 35.2 Å². The van der Waals surface area contributed by atoms with Gasteiger partial charge in [0.25, 0.3) is 0 Å². The molecule has 0 heterocycles. The van der Waals surface area contributed by atoms with E-state index in [1.807, 2.05) is 0 Å². The summed E-state index contributed by atoms with van der Waals surface area (Å²) in [5, 5.41) is 0. The van der Waals surface area contributed by atoms with Gasteiger partial charge in [-0.15, -0.1) is 0 Å². The van der Waals surface area contributed by atoms with Crippen molar-refractivity contribution < 1.29 is 43.9 Å². The molecule has 2 aromatic rings. The summed E-state index contributed by atoms with van der Waals surface area (Å²) in [5.41, 5.74) is -6.77. The van der Waals surface area contributed by atoms with Gasteiger partial charge in [-0.05, 0) is 35.7 Å². The maximum atomic E-state index is 14.3. The van der Waals surface area contributed by atoms with Crippen LogP contribution in [0.15, 0.2) is 53.4 Å². The lowest BCUT2D eigenvalue weighted by molar-refractivity contribution is -0.348. The zero-order valence-electron chi connectivity index (χ0n) is 19.0. The van der Waals surface area contributed by atoms with E-state index in [9.17, 15) is 43.9 Å². The zero-order valence-corrected chi connectivity index (χ0v) is 19.9. The average Bonchev–Trinajstić information content (AvgIpc) is 2.75. The fourth-order valence-electron chi connectivity index (χ4n) is 3.33. The topological polar surface area (TPSA) is 54.5 Å². The van der Waals surface area contributed by atoms with Gasteiger partial charge in [-0.1, -0.05) is 45.0 Å². The summed E-state index contributed by atoms with van der Waals surface area (Å²) in [6.07, 6.45) is -12.7. The molecule has 2 aromatic carbocycles. The minimum absolute atomic E-state index is 0.00988. The van der Waals surface area contributed by atoms with Gasteiger partial charge in [0.15, 0.2) is 9.84 Å². The number of carbonyl (C=O) groups is 1. The molecular formula is C23H24F7NO3S. The number of rotatable bonds is 8. The second-order valence-electron chi connectivity index (χ2n) is 8.32. The average molecular weight is 528 g/mol. The Morgan fingerprint density at radius 1 is 0.857 bits per heavy atom. The van der Waals surface area contributed by atoms with Gasteiger partial charge >= 0.3 is 18.0 Å². The number of hydrogen-bond acceptors (Lipinski definition) is 3. The van der Waals surface area contributed by atoms with Crippen molar-refractivity contribution in [3.8, 4) is 0 Å². The lowest BCUT2D eigenvalue weighted by atomic mass is 9.94. The van der Waals surface area contributed by atoms with E-state index in [2.05, 4.69) is 0 Å². The summed E-state index contributed by atoms with van der Waals surface area (Å²) in [6.45, 7) is 5.07. The summed E-state index contributed by atoms with van der Waals surface area (Å²) < 4.78 is 116. The first-order chi connectivity index (χ1) is 15.9. The van der Waals surface area contributed by atoms with E-state index in [0.717, 1.165) is 12.1 Å². The van der Waals surface area contributed by atoms with Crippen molar-refractivity contribution >= 4 is 21.4 Å². The van der Waals surface area contributed by atoms with E-state index in [1.54, 1.807) is 13.8 Å². The maximum Gasteiger partial charge on any atom is 0.435 e. The minimum atomic E-state index is -6.24. The molecule has 0 saturated carbocycles. The van der Waals surface area contributed by atoms with Crippen molar-refractivity contribution in [1.29, 1.82) is 0 Å². The highest BCUT2D eigenvalue weighted by Crippen LogP contribution is 2.53. The van der Waals surface area contributed by atoms with Crippen LogP contribution in [-0.2, 0) is 26.7 Å². The molecule has 12 heteroatoms. The number of anilines is 1. The fraction of sp³-hybridized carbons (Fsp3) is 0.435. The van der Waals surface area contributed by atoms with Crippen molar-refractivity contribution in [2.45, 2.75) is 50.1 Å². The van der Waals surface area contributed by atoms with Crippen molar-refractivity contribution in [3.63, 3.8) is 0 Å². The highest BCUT2D eigenvalue weighted by atomic mass is 32.2. The molecule has 2 rings (SSSR count). The van der Waals surface area contributed by atoms with Crippen molar-refractivity contribution in [1.82, 2.24) is 0 Å². The van der Waals surface area contributed by atoms with Crippen LogP contribution in [0, 0.1) is 5.92 Å². The predicted molar refractivity (Wildman–Crippen MR) is 116 cm³/mol. The van der Waals surface area contributed by atoms with E-state index in [0.29, 0.717) is 17.7 Å². The first-order valence-corrected chi connectivity index (χ1v) is 12.1. The predicted octanol–water partition coefficient (Wildman–Crippen LogP) is 6.00. The van der Waals surface area contributed by atoms with Gasteiger partial charge in [0.2, 0.25) is 5.91 Å². The van der Waals surface area contributed by atoms with Crippen molar-refractivity contribution in [2.75, 3.05) is 17.2 Å². The van der Waals surface area contributed by atoms with Crippen LogP contribution in [0.1, 0.15) is 31.9 Å². The minimum Gasteiger partial charge on any atom is -0.312 e. The second kappa shape index (κ2) is 10.2. The van der Waals surface area contributed by atoms with Gasteiger partial charge in [0.05, 0.1) is 17.1 Å². The van der Waals surface area contributed by atoms with Crippen LogP contribution >= 0.6 is 0 Å². The molecule has 0 spiro atoms. The third kappa shape index (κ3) is 6.14. The third-order valence-corrected chi connectivity index (χ3v) is 6.98. The van der Waals surface area contributed by atoms with Gasteiger partial charge in [-0.3, -0.25) is 4.79 Å². The van der Waals surface area contributed by atoms with E-state index >= 15 is 0 Å². The maximum absolute atomic E-state index is 14.3. The van der Waals surface area contributed by atoms with Gasteiger partial charge in [0.1, 0.15) is 0 Å². The second-order valence-corrected chi connectivity index (χ2v) is 10.6. The van der Waals surface area contributed by atoms with Gasteiger partial charge in [0, 0.05) is 17.8 Å². The number of benzene rings is 2. The fourth-order valence-corrected chi connectivity index (χ4v) is 4.21. The first-order valence-electron chi connectivity index (χ1n) is 10.5. The lowest BCUT2D eigenvalue weighted by Crippen LogP contribution is -2.50. The molecule has 0 fully saturated rings. The Morgan fingerprint density at radius 3 is 1.74 bits per heavy atom. The SMILES string of the molecule is CCS(=O)(=O)c1ccc(CC(=O)N(CC(C)C)c2ccc(C(F)(C(F)(F)F)C(F)(F)F)cc2)cc1. The van der Waals surface area contributed by atoms with Crippen LogP contribution in [-0.4, -0.2) is 39.0 Å². The normalized spacial score (nSPS) is 13.2. The molecule has 35 heavy (non-hydrogen) atoms. The van der Waals surface area contributed by atoms with Crippen LogP contribution in [0.2, 0.25) is 0 Å². The molecule has 194 valence electrons. The molecule has 0 aromatic heterocycles. The van der Waals surface area contributed by atoms with Crippen LogP contribution in [0.5, 0.6) is 0 Å². The number of nitrogens with zero attached hydrogens (tertiary/aromatic N) is 1. The molecule has 0 saturated heterocycles. The number of halogens is 7. The molecule has 0 atom stereocenters. The Balaban J connectivity index is 2.36. The molecule has 0 radical (unpaired) electrons. The standard InChI is InChI=1S/C23H24F7NO3S/c1-4-35(33,34)19-11-5-16(6-12-19)13-20(32)31(14-15(2)3)18-9-7-17(8-10-18)21(24,22(25,26)27)23(28,29)30/h5-12,15H,4,13-14H2,1-3H3. The summed E-state index contributed by atoms with van der Waals surface area (Å²) in [6, 6.07) is 7.97. The third-order valence-electron chi connectivity index (χ3n) is 5.22. The van der Waals surface area contributed by atoms with E-state index < -0.39 is 39.3 Å². The van der Waals surface area contributed by atoms with Crippen LogP contribution in [0.25, 0.3) is 0 Å². The molecule has 0 unspecified atom stereocenters. The summed E-state index contributed by atoms with van der Waals surface area (Å²) in [7, 11) is -3.44. The molecule has 0 aliphatic carbocycles. The number of carbonyl (C=O) groups excluding carboxylic acids is 1. The van der Waals surface area contributed by atoms with Gasteiger partial charge in [-0.25, -0.2) is 12.8 Å². The molecule has 0 N–H and O–H groups in total. The number of amides is 1.